The molecule has 4 N–H and O–H groups in total. The maximum Gasteiger partial charge on any atom is 0.326 e. The maximum atomic E-state index is 13.2. The summed E-state index contributed by atoms with van der Waals surface area (Å²) in [7, 11) is 0. The normalized spacial score (nSPS) is 12.2. The van der Waals surface area contributed by atoms with Crippen molar-refractivity contribution in [1.82, 2.24) is 5.32 Å². The summed E-state index contributed by atoms with van der Waals surface area (Å²) in [6.07, 6.45) is 0.304. The molecule has 5 nitrogen and oxygen atoms in total. The SMILES string of the molecule is CC(C)CC(NC(=O)c1ccc(N)c(F)c1)C(=O)O. The van der Waals surface area contributed by atoms with Gasteiger partial charge in [0, 0.05) is 5.56 Å². The van der Waals surface area contributed by atoms with E-state index >= 15 is 0 Å². The molecule has 19 heavy (non-hydrogen) atoms. The second kappa shape index (κ2) is 6.17. The molecular weight excluding hydrogens is 251 g/mol. The van der Waals surface area contributed by atoms with Gasteiger partial charge >= 0.3 is 5.97 Å². The third-order valence-corrected chi connectivity index (χ3v) is 2.57. The molecule has 0 saturated carbocycles. The van der Waals surface area contributed by atoms with Gasteiger partial charge < -0.3 is 16.2 Å². The van der Waals surface area contributed by atoms with Gasteiger partial charge in [0.25, 0.3) is 5.91 Å². The average Bonchev–Trinajstić information content (AvgIpc) is 2.31. The molecule has 0 aliphatic rings. The minimum atomic E-state index is -1.11. The van der Waals surface area contributed by atoms with E-state index in [4.69, 9.17) is 10.8 Å². The lowest BCUT2D eigenvalue weighted by Crippen LogP contribution is -2.41. The predicted molar refractivity (Wildman–Crippen MR) is 69.2 cm³/mol. The van der Waals surface area contributed by atoms with Gasteiger partial charge in [0.15, 0.2) is 0 Å². The Balaban J connectivity index is 2.81. The fourth-order valence-electron chi connectivity index (χ4n) is 1.60. The summed E-state index contributed by atoms with van der Waals surface area (Å²) < 4.78 is 13.2. The van der Waals surface area contributed by atoms with Crippen molar-refractivity contribution in [2.45, 2.75) is 26.3 Å². The lowest BCUT2D eigenvalue weighted by molar-refractivity contribution is -0.139. The van der Waals surface area contributed by atoms with E-state index in [-0.39, 0.29) is 17.2 Å². The van der Waals surface area contributed by atoms with Crippen LogP contribution in [-0.2, 0) is 4.79 Å². The van der Waals surface area contributed by atoms with Gasteiger partial charge in [-0.25, -0.2) is 9.18 Å². The number of carbonyl (C=O) groups excluding carboxylic acids is 1. The van der Waals surface area contributed by atoms with Crippen LogP contribution in [0, 0.1) is 11.7 Å². The number of benzene rings is 1. The Labute approximate surface area is 110 Å². The number of halogens is 1. The Morgan fingerprint density at radius 1 is 1.42 bits per heavy atom. The summed E-state index contributed by atoms with van der Waals surface area (Å²) in [4.78, 5) is 22.8. The molecule has 0 bridgehead atoms. The molecule has 0 saturated heterocycles. The first kappa shape index (κ1) is 14.9. The monoisotopic (exact) mass is 268 g/mol. The zero-order valence-electron chi connectivity index (χ0n) is 10.8. The Hall–Kier alpha value is -2.11. The van der Waals surface area contributed by atoms with E-state index in [9.17, 15) is 14.0 Å². The van der Waals surface area contributed by atoms with E-state index in [0.29, 0.717) is 6.42 Å². The van der Waals surface area contributed by atoms with Crippen LogP contribution in [0.25, 0.3) is 0 Å². The number of nitrogen functional groups attached to an aromatic ring is 1. The summed E-state index contributed by atoms with van der Waals surface area (Å²) in [5.74, 6) is -2.34. The summed E-state index contributed by atoms with van der Waals surface area (Å²) in [5, 5.41) is 11.4. The van der Waals surface area contributed by atoms with Crippen LogP contribution < -0.4 is 11.1 Å². The number of rotatable bonds is 5. The van der Waals surface area contributed by atoms with Crippen LogP contribution in [-0.4, -0.2) is 23.0 Å². The molecule has 0 heterocycles. The van der Waals surface area contributed by atoms with Crippen molar-refractivity contribution < 1.29 is 19.1 Å². The minimum Gasteiger partial charge on any atom is -0.480 e. The average molecular weight is 268 g/mol. The standard InChI is InChI=1S/C13H17FN2O3/c1-7(2)5-11(13(18)19)16-12(17)8-3-4-10(15)9(14)6-8/h3-4,6-7,11H,5,15H2,1-2H3,(H,16,17)(H,18,19). The maximum absolute atomic E-state index is 13.2. The second-order valence-corrected chi connectivity index (χ2v) is 4.73. The lowest BCUT2D eigenvalue weighted by atomic mass is 10.0. The number of nitrogens with two attached hydrogens (primary N) is 1. The van der Waals surface area contributed by atoms with Crippen LogP contribution in [0.5, 0.6) is 0 Å². The number of carboxylic acids is 1. The van der Waals surface area contributed by atoms with Crippen LogP contribution >= 0.6 is 0 Å². The van der Waals surface area contributed by atoms with Gasteiger partial charge in [0.1, 0.15) is 11.9 Å². The topological polar surface area (TPSA) is 92.4 Å². The number of nitrogens with one attached hydrogen (secondary N) is 1. The molecule has 0 spiro atoms. The van der Waals surface area contributed by atoms with Crippen molar-refractivity contribution >= 4 is 17.6 Å². The summed E-state index contributed by atoms with van der Waals surface area (Å²) in [6.45, 7) is 3.70. The largest absolute Gasteiger partial charge is 0.480 e. The van der Waals surface area contributed by atoms with Crippen LogP contribution in [0.2, 0.25) is 0 Å². The van der Waals surface area contributed by atoms with Gasteiger partial charge in [-0.3, -0.25) is 4.79 Å². The van der Waals surface area contributed by atoms with E-state index in [2.05, 4.69) is 5.32 Å². The van der Waals surface area contributed by atoms with E-state index < -0.39 is 23.7 Å². The molecule has 1 unspecified atom stereocenters. The van der Waals surface area contributed by atoms with Crippen LogP contribution in [0.3, 0.4) is 0 Å². The first-order valence-corrected chi connectivity index (χ1v) is 5.90. The molecule has 1 aromatic carbocycles. The zero-order valence-corrected chi connectivity index (χ0v) is 10.8. The highest BCUT2D eigenvalue weighted by atomic mass is 19.1. The van der Waals surface area contributed by atoms with Gasteiger partial charge in [-0.2, -0.15) is 0 Å². The molecule has 0 aliphatic heterocycles. The molecule has 6 heteroatoms. The minimum absolute atomic E-state index is 0.0432. The van der Waals surface area contributed by atoms with Crippen LogP contribution in [0.15, 0.2) is 18.2 Å². The van der Waals surface area contributed by atoms with Crippen LogP contribution in [0.4, 0.5) is 10.1 Å². The van der Waals surface area contributed by atoms with Crippen molar-refractivity contribution in [2.75, 3.05) is 5.73 Å². The Bertz CT molecular complexity index is 489. The van der Waals surface area contributed by atoms with E-state index in [1.165, 1.54) is 12.1 Å². The van der Waals surface area contributed by atoms with Crippen molar-refractivity contribution in [1.29, 1.82) is 0 Å². The van der Waals surface area contributed by atoms with Crippen molar-refractivity contribution in [3.63, 3.8) is 0 Å². The molecule has 0 aromatic heterocycles. The number of amides is 1. The summed E-state index contributed by atoms with van der Waals surface area (Å²) in [5.41, 5.74) is 5.29. The number of aliphatic carboxylic acids is 1. The van der Waals surface area contributed by atoms with E-state index in [0.717, 1.165) is 6.07 Å². The molecule has 1 amide bonds. The Kier molecular flexibility index (Phi) is 4.86. The molecule has 1 atom stereocenters. The highest BCUT2D eigenvalue weighted by Crippen LogP contribution is 2.13. The highest BCUT2D eigenvalue weighted by Gasteiger charge is 2.22. The fraction of sp³-hybridized carbons (Fsp3) is 0.385. The third-order valence-electron chi connectivity index (χ3n) is 2.57. The Morgan fingerprint density at radius 3 is 2.53 bits per heavy atom. The molecular formula is C13H17FN2O3. The quantitative estimate of drug-likeness (QED) is 0.708. The van der Waals surface area contributed by atoms with Gasteiger partial charge in [-0.15, -0.1) is 0 Å². The number of carbonyl (C=O) groups is 2. The third kappa shape index (κ3) is 4.24. The fourth-order valence-corrected chi connectivity index (χ4v) is 1.60. The van der Waals surface area contributed by atoms with Gasteiger partial charge in [-0.1, -0.05) is 13.8 Å². The number of anilines is 1. The van der Waals surface area contributed by atoms with E-state index in [1.54, 1.807) is 0 Å². The van der Waals surface area contributed by atoms with Crippen molar-refractivity contribution in [3.8, 4) is 0 Å². The lowest BCUT2D eigenvalue weighted by Gasteiger charge is -2.16. The molecule has 1 aromatic rings. The Morgan fingerprint density at radius 2 is 2.05 bits per heavy atom. The van der Waals surface area contributed by atoms with Gasteiger partial charge in [-0.05, 0) is 30.5 Å². The van der Waals surface area contributed by atoms with Crippen molar-refractivity contribution in [2.24, 2.45) is 5.92 Å². The number of carboxylic acid groups (broad SMARTS) is 1. The number of hydrogen-bond acceptors (Lipinski definition) is 3. The molecule has 0 fully saturated rings. The molecule has 0 aliphatic carbocycles. The van der Waals surface area contributed by atoms with Gasteiger partial charge in [0.2, 0.25) is 0 Å². The first-order chi connectivity index (χ1) is 8.81. The summed E-state index contributed by atoms with van der Waals surface area (Å²) >= 11 is 0. The predicted octanol–water partition coefficient (Wildman–Crippen LogP) is 1.64. The second-order valence-electron chi connectivity index (χ2n) is 4.73. The summed E-state index contributed by atoms with van der Waals surface area (Å²) in [6, 6.07) is 2.61. The smallest absolute Gasteiger partial charge is 0.326 e. The highest BCUT2D eigenvalue weighted by molar-refractivity contribution is 5.96. The zero-order chi connectivity index (χ0) is 14.6. The van der Waals surface area contributed by atoms with Crippen molar-refractivity contribution in [3.05, 3.63) is 29.6 Å². The van der Waals surface area contributed by atoms with Crippen LogP contribution in [0.1, 0.15) is 30.6 Å². The molecule has 104 valence electrons. The number of hydrogen-bond donors (Lipinski definition) is 3. The molecule has 0 radical (unpaired) electrons. The molecule has 1 rings (SSSR count). The first-order valence-electron chi connectivity index (χ1n) is 5.90. The van der Waals surface area contributed by atoms with Gasteiger partial charge in [0.05, 0.1) is 5.69 Å². The van der Waals surface area contributed by atoms with E-state index in [1.807, 2.05) is 13.8 Å².